The normalized spacial score (nSPS) is 29.7. The number of H-pyrrole nitrogens is 1. The molecule has 3 saturated heterocycles. The summed E-state index contributed by atoms with van der Waals surface area (Å²) in [4.78, 5) is 14.7. The Morgan fingerprint density at radius 3 is 2.75 bits per heavy atom. The number of aliphatic hydroxyl groups is 1. The molecule has 0 aliphatic carbocycles. The van der Waals surface area contributed by atoms with E-state index in [2.05, 4.69) is 46.1 Å². The number of aromatic amines is 1. The van der Waals surface area contributed by atoms with Crippen molar-refractivity contribution in [3.63, 3.8) is 0 Å². The van der Waals surface area contributed by atoms with Crippen molar-refractivity contribution in [1.82, 2.24) is 15.0 Å². The van der Waals surface area contributed by atoms with E-state index in [0.717, 1.165) is 12.1 Å². The monoisotopic (exact) mass is 456 g/mol. The van der Waals surface area contributed by atoms with Gasteiger partial charge in [0.2, 0.25) is 0 Å². The molecule has 3 aliphatic heterocycles. The predicted octanol–water partition coefficient (Wildman–Crippen LogP) is 3.17. The SMILES string of the molecule is CC1CCCN1c1ccc(-c2nc3nc(O[C@@H]4CO[C@H]5[C@@H]4OC[C@H]5O)[nH]c3cc2Cl)cc1. The third-order valence-electron chi connectivity index (χ3n) is 6.68. The van der Waals surface area contributed by atoms with E-state index < -0.39 is 6.10 Å². The number of rotatable bonds is 4. The van der Waals surface area contributed by atoms with Gasteiger partial charge in [-0.1, -0.05) is 23.7 Å². The highest BCUT2D eigenvalue weighted by Gasteiger charge is 2.48. The smallest absolute Gasteiger partial charge is 0.296 e. The Morgan fingerprint density at radius 1 is 1.16 bits per heavy atom. The van der Waals surface area contributed by atoms with E-state index in [1.807, 2.05) is 6.07 Å². The second kappa shape index (κ2) is 7.88. The van der Waals surface area contributed by atoms with E-state index in [1.165, 1.54) is 18.5 Å². The van der Waals surface area contributed by atoms with Gasteiger partial charge in [-0.05, 0) is 38.0 Å². The van der Waals surface area contributed by atoms with Crippen LogP contribution in [0, 0.1) is 0 Å². The van der Waals surface area contributed by atoms with Crippen LogP contribution in [0.2, 0.25) is 5.02 Å². The van der Waals surface area contributed by atoms with Crippen molar-refractivity contribution in [3.8, 4) is 17.3 Å². The molecular weight excluding hydrogens is 432 g/mol. The molecule has 0 radical (unpaired) electrons. The van der Waals surface area contributed by atoms with Crippen molar-refractivity contribution in [2.24, 2.45) is 0 Å². The summed E-state index contributed by atoms with van der Waals surface area (Å²) < 4.78 is 17.2. The molecule has 6 rings (SSSR count). The minimum Gasteiger partial charge on any atom is -0.456 e. The van der Waals surface area contributed by atoms with Gasteiger partial charge in [0.1, 0.15) is 18.3 Å². The Labute approximate surface area is 190 Å². The van der Waals surface area contributed by atoms with Gasteiger partial charge in [-0.2, -0.15) is 4.98 Å². The first-order valence-corrected chi connectivity index (χ1v) is 11.5. The lowest BCUT2D eigenvalue weighted by Gasteiger charge is -2.23. The molecule has 0 spiro atoms. The van der Waals surface area contributed by atoms with E-state index in [0.29, 0.717) is 40.5 Å². The molecule has 8 nitrogen and oxygen atoms in total. The summed E-state index contributed by atoms with van der Waals surface area (Å²) in [6, 6.07) is 11.1. The standard InChI is InChI=1S/C23H25ClN4O4/c1-12-3-2-8-28(12)14-6-4-13(5-7-14)19-15(24)9-16-22(26-19)27-23(25-16)32-18-11-31-20-17(29)10-30-21(18)20/h4-7,9,12,17-18,20-21,29H,2-3,8,10-11H2,1H3,(H,25,26,27)/t12?,17-,18-,20-,21-/m1/s1. The van der Waals surface area contributed by atoms with E-state index in [-0.39, 0.29) is 24.9 Å². The van der Waals surface area contributed by atoms with Crippen LogP contribution < -0.4 is 9.64 Å². The third-order valence-corrected chi connectivity index (χ3v) is 6.96. The van der Waals surface area contributed by atoms with Crippen LogP contribution in [0.5, 0.6) is 6.01 Å². The van der Waals surface area contributed by atoms with Crippen LogP contribution in [-0.4, -0.2) is 70.3 Å². The molecule has 3 aliphatic rings. The molecule has 5 heterocycles. The number of imidazole rings is 1. The van der Waals surface area contributed by atoms with Crippen LogP contribution in [0.25, 0.3) is 22.4 Å². The number of nitrogens with zero attached hydrogens (tertiary/aromatic N) is 3. The number of hydrogen-bond donors (Lipinski definition) is 2. The highest BCUT2D eigenvalue weighted by Crippen LogP contribution is 2.33. The highest BCUT2D eigenvalue weighted by atomic mass is 35.5. The van der Waals surface area contributed by atoms with E-state index in [1.54, 1.807) is 0 Å². The van der Waals surface area contributed by atoms with Gasteiger partial charge >= 0.3 is 0 Å². The summed E-state index contributed by atoms with van der Waals surface area (Å²) >= 11 is 6.57. The van der Waals surface area contributed by atoms with Crippen LogP contribution in [0.4, 0.5) is 5.69 Å². The topological polar surface area (TPSA) is 92.7 Å². The molecule has 0 amide bonds. The Bertz CT molecular complexity index is 1140. The molecule has 1 unspecified atom stereocenters. The summed E-state index contributed by atoms with van der Waals surface area (Å²) in [7, 11) is 0. The second-order valence-corrected chi connectivity index (χ2v) is 9.19. The molecule has 1 aromatic carbocycles. The van der Waals surface area contributed by atoms with E-state index >= 15 is 0 Å². The number of anilines is 1. The van der Waals surface area contributed by atoms with E-state index in [4.69, 9.17) is 30.8 Å². The fraction of sp³-hybridized carbons (Fsp3) is 0.478. The van der Waals surface area contributed by atoms with Crippen molar-refractivity contribution < 1.29 is 19.3 Å². The fourth-order valence-corrected chi connectivity index (χ4v) is 5.23. The van der Waals surface area contributed by atoms with Gasteiger partial charge < -0.3 is 29.2 Å². The van der Waals surface area contributed by atoms with Gasteiger partial charge in [0.25, 0.3) is 6.01 Å². The fourth-order valence-electron chi connectivity index (χ4n) is 4.97. The number of aliphatic hydroxyl groups excluding tert-OH is 1. The lowest BCUT2D eigenvalue weighted by molar-refractivity contribution is 0.00706. The second-order valence-electron chi connectivity index (χ2n) is 8.78. The molecule has 3 aromatic rings. The number of aromatic nitrogens is 3. The first-order valence-electron chi connectivity index (χ1n) is 11.1. The summed E-state index contributed by atoms with van der Waals surface area (Å²) in [5, 5.41) is 10.4. The highest BCUT2D eigenvalue weighted by molar-refractivity contribution is 6.33. The van der Waals surface area contributed by atoms with Crippen molar-refractivity contribution in [1.29, 1.82) is 0 Å². The lowest BCUT2D eigenvalue weighted by Crippen LogP contribution is -2.34. The maximum absolute atomic E-state index is 9.90. The maximum Gasteiger partial charge on any atom is 0.296 e. The van der Waals surface area contributed by atoms with E-state index in [9.17, 15) is 5.11 Å². The number of halogens is 1. The molecule has 9 heteroatoms. The van der Waals surface area contributed by atoms with Crippen LogP contribution >= 0.6 is 11.6 Å². The van der Waals surface area contributed by atoms with Crippen molar-refractivity contribution in [3.05, 3.63) is 35.4 Å². The third kappa shape index (κ3) is 3.42. The van der Waals surface area contributed by atoms with Crippen molar-refractivity contribution in [2.45, 2.75) is 50.2 Å². The summed E-state index contributed by atoms with van der Waals surface area (Å²) in [5.74, 6) is 0. The van der Waals surface area contributed by atoms with Crippen molar-refractivity contribution >= 4 is 28.5 Å². The lowest BCUT2D eigenvalue weighted by atomic mass is 10.1. The van der Waals surface area contributed by atoms with Gasteiger partial charge in [0, 0.05) is 23.8 Å². The average Bonchev–Trinajstić information content (AvgIpc) is 3.55. The molecular formula is C23H25ClN4O4. The molecule has 3 fully saturated rings. The Balaban J connectivity index is 1.24. The van der Waals surface area contributed by atoms with Gasteiger partial charge in [0.15, 0.2) is 11.8 Å². The van der Waals surface area contributed by atoms with Crippen LogP contribution in [-0.2, 0) is 9.47 Å². The molecule has 2 aromatic heterocycles. The van der Waals surface area contributed by atoms with Crippen LogP contribution in [0.1, 0.15) is 19.8 Å². The largest absolute Gasteiger partial charge is 0.456 e. The number of fused-ring (bicyclic) bond motifs is 2. The zero-order valence-corrected chi connectivity index (χ0v) is 18.5. The summed E-state index contributed by atoms with van der Waals surface area (Å²) in [6.45, 7) is 3.96. The predicted molar refractivity (Wildman–Crippen MR) is 120 cm³/mol. The van der Waals surface area contributed by atoms with Gasteiger partial charge in [0.05, 0.1) is 29.4 Å². The molecule has 0 saturated carbocycles. The van der Waals surface area contributed by atoms with Crippen LogP contribution in [0.3, 0.4) is 0 Å². The van der Waals surface area contributed by atoms with Gasteiger partial charge in [-0.15, -0.1) is 0 Å². The molecule has 32 heavy (non-hydrogen) atoms. The number of hydrogen-bond acceptors (Lipinski definition) is 7. The quantitative estimate of drug-likeness (QED) is 0.622. The first kappa shape index (κ1) is 20.2. The summed E-state index contributed by atoms with van der Waals surface area (Å²) in [5.41, 5.74) is 4.07. The molecule has 5 atom stereocenters. The number of pyridine rings is 1. The molecule has 0 bridgehead atoms. The number of benzene rings is 1. The van der Waals surface area contributed by atoms with Gasteiger partial charge in [-0.3, -0.25) is 0 Å². The zero-order chi connectivity index (χ0) is 21.8. The Morgan fingerprint density at radius 2 is 1.97 bits per heavy atom. The first-order chi connectivity index (χ1) is 15.6. The Kier molecular flexibility index (Phi) is 4.98. The Hall–Kier alpha value is -2.39. The maximum atomic E-state index is 9.90. The molecule has 2 N–H and O–H groups in total. The number of ether oxygens (including phenoxy) is 3. The molecule has 168 valence electrons. The minimum atomic E-state index is -0.618. The number of nitrogens with one attached hydrogen (secondary N) is 1. The van der Waals surface area contributed by atoms with Crippen LogP contribution in [0.15, 0.2) is 30.3 Å². The summed E-state index contributed by atoms with van der Waals surface area (Å²) in [6.07, 6.45) is 0.853. The average molecular weight is 457 g/mol. The van der Waals surface area contributed by atoms with Gasteiger partial charge in [-0.25, -0.2) is 4.98 Å². The minimum absolute atomic E-state index is 0.255. The zero-order valence-electron chi connectivity index (χ0n) is 17.7. The van der Waals surface area contributed by atoms with Crippen molar-refractivity contribution in [2.75, 3.05) is 24.7 Å².